The van der Waals surface area contributed by atoms with Crippen molar-refractivity contribution in [1.29, 1.82) is 0 Å². The second-order valence-electron chi connectivity index (χ2n) is 4.89. The Bertz CT molecular complexity index is 462. The summed E-state index contributed by atoms with van der Waals surface area (Å²) in [5.74, 6) is -0.213. The quantitative estimate of drug-likeness (QED) is 0.703. The van der Waals surface area contributed by atoms with E-state index in [2.05, 4.69) is 25.6 Å². The summed E-state index contributed by atoms with van der Waals surface area (Å²) >= 11 is 3.21. The van der Waals surface area contributed by atoms with Crippen LogP contribution in [0.4, 0.5) is 13.2 Å². The van der Waals surface area contributed by atoms with E-state index in [9.17, 15) is 13.2 Å². The van der Waals surface area contributed by atoms with Crippen LogP contribution in [0.5, 0.6) is 11.5 Å². The molecule has 1 aliphatic rings. The molecule has 118 valence electrons. The molecule has 7 heteroatoms. The van der Waals surface area contributed by atoms with Crippen molar-refractivity contribution < 1.29 is 22.6 Å². The van der Waals surface area contributed by atoms with Gasteiger partial charge in [-0.15, -0.1) is 13.2 Å². The van der Waals surface area contributed by atoms with Gasteiger partial charge >= 0.3 is 6.36 Å². The smallest absolute Gasteiger partial charge is 0.490 e. The number of nitrogens with zero attached hydrogens (tertiary/aromatic N) is 1. The van der Waals surface area contributed by atoms with Crippen molar-refractivity contribution in [2.45, 2.75) is 25.6 Å². The number of likely N-dealkylation sites (tertiary alicyclic amines) is 1. The van der Waals surface area contributed by atoms with E-state index in [0.29, 0.717) is 11.1 Å². The number of ether oxygens (including phenoxy) is 2. The monoisotopic (exact) mass is 367 g/mol. The lowest BCUT2D eigenvalue weighted by molar-refractivity contribution is -0.275. The topological polar surface area (TPSA) is 21.7 Å². The Hall–Kier alpha value is -0.950. The Morgan fingerprint density at radius 1 is 1.14 bits per heavy atom. The second-order valence-corrected chi connectivity index (χ2v) is 5.81. The molecule has 1 heterocycles. The first kappa shape index (κ1) is 16.4. The molecular weight excluding hydrogens is 351 g/mol. The maximum Gasteiger partial charge on any atom is 0.573 e. The Balaban J connectivity index is 1.86. The summed E-state index contributed by atoms with van der Waals surface area (Å²) in [5, 5.41) is 0. The average Bonchev–Trinajstić information content (AvgIpc) is 2.89. The Morgan fingerprint density at radius 3 is 2.52 bits per heavy atom. The second kappa shape index (κ2) is 7.35. The first-order chi connectivity index (χ1) is 9.94. The lowest BCUT2D eigenvalue weighted by Gasteiger charge is -2.16. The summed E-state index contributed by atoms with van der Waals surface area (Å²) in [6, 6.07) is 4.21. The predicted molar refractivity (Wildman–Crippen MR) is 76.6 cm³/mol. The van der Waals surface area contributed by atoms with Crippen LogP contribution >= 0.6 is 15.9 Å². The van der Waals surface area contributed by atoms with E-state index in [1.54, 1.807) is 0 Å². The molecule has 0 radical (unpaired) electrons. The minimum atomic E-state index is -4.72. The van der Waals surface area contributed by atoms with Gasteiger partial charge in [-0.3, -0.25) is 0 Å². The molecule has 21 heavy (non-hydrogen) atoms. The van der Waals surface area contributed by atoms with Crippen molar-refractivity contribution in [2.24, 2.45) is 0 Å². The molecule has 0 aromatic heterocycles. The highest BCUT2D eigenvalue weighted by atomic mass is 79.9. The zero-order valence-corrected chi connectivity index (χ0v) is 13.0. The first-order valence-corrected chi connectivity index (χ1v) is 7.64. The lowest BCUT2D eigenvalue weighted by atomic mass is 10.3. The van der Waals surface area contributed by atoms with Gasteiger partial charge in [0.1, 0.15) is 0 Å². The number of alkyl halides is 3. The number of rotatable bonds is 6. The Morgan fingerprint density at radius 2 is 1.86 bits per heavy atom. The molecule has 0 saturated carbocycles. The fraction of sp³-hybridized carbons (Fsp3) is 0.571. The highest BCUT2D eigenvalue weighted by Crippen LogP contribution is 2.34. The van der Waals surface area contributed by atoms with Gasteiger partial charge in [-0.25, -0.2) is 0 Å². The zero-order chi connectivity index (χ0) is 15.3. The van der Waals surface area contributed by atoms with Gasteiger partial charge in [0.15, 0.2) is 11.5 Å². The first-order valence-electron chi connectivity index (χ1n) is 6.84. The summed E-state index contributed by atoms with van der Waals surface area (Å²) in [4.78, 5) is 2.33. The van der Waals surface area contributed by atoms with Crippen molar-refractivity contribution >= 4 is 15.9 Å². The molecular formula is C14H17BrF3NO2. The maximum atomic E-state index is 12.3. The summed E-state index contributed by atoms with van der Waals surface area (Å²) in [7, 11) is 0. The summed E-state index contributed by atoms with van der Waals surface area (Å²) in [6.45, 7) is 3.46. The minimum absolute atomic E-state index is 0.100. The van der Waals surface area contributed by atoms with Crippen LogP contribution in [-0.4, -0.2) is 37.5 Å². The van der Waals surface area contributed by atoms with Crippen molar-refractivity contribution in [1.82, 2.24) is 4.90 Å². The van der Waals surface area contributed by atoms with Crippen LogP contribution in [-0.2, 0) is 0 Å². The Labute approximate surface area is 130 Å². The van der Waals surface area contributed by atoms with Crippen LogP contribution in [0.15, 0.2) is 22.7 Å². The molecule has 1 aromatic carbocycles. The molecule has 1 fully saturated rings. The van der Waals surface area contributed by atoms with Crippen LogP contribution in [0.25, 0.3) is 0 Å². The Kier molecular flexibility index (Phi) is 5.75. The molecule has 1 aromatic rings. The van der Waals surface area contributed by atoms with E-state index >= 15 is 0 Å². The van der Waals surface area contributed by atoms with Crippen LogP contribution < -0.4 is 9.47 Å². The molecule has 0 spiro atoms. The van der Waals surface area contributed by atoms with Crippen LogP contribution in [0, 0.1) is 0 Å². The molecule has 1 aliphatic heterocycles. The van der Waals surface area contributed by atoms with Gasteiger partial charge in [0.2, 0.25) is 0 Å². The molecule has 0 aliphatic carbocycles. The van der Waals surface area contributed by atoms with Gasteiger partial charge in [0.25, 0.3) is 0 Å². The van der Waals surface area contributed by atoms with Crippen LogP contribution in [0.3, 0.4) is 0 Å². The summed E-state index contributed by atoms with van der Waals surface area (Å²) in [6.07, 6.45) is -1.51. The van der Waals surface area contributed by atoms with Crippen molar-refractivity contribution in [2.75, 3.05) is 26.2 Å². The van der Waals surface area contributed by atoms with Crippen LogP contribution in [0.2, 0.25) is 0 Å². The molecule has 0 unspecified atom stereocenters. The zero-order valence-electron chi connectivity index (χ0n) is 11.5. The number of benzene rings is 1. The summed E-state index contributed by atoms with van der Waals surface area (Å²) in [5.41, 5.74) is 0. The molecule has 0 amide bonds. The number of hydrogen-bond acceptors (Lipinski definition) is 3. The van der Waals surface area contributed by atoms with Gasteiger partial charge in [-0.1, -0.05) is 15.9 Å². The fourth-order valence-corrected chi connectivity index (χ4v) is 2.62. The van der Waals surface area contributed by atoms with Gasteiger partial charge in [-0.2, -0.15) is 0 Å². The maximum absolute atomic E-state index is 12.3. The average molecular weight is 368 g/mol. The third-order valence-electron chi connectivity index (χ3n) is 3.21. The van der Waals surface area contributed by atoms with E-state index in [1.807, 2.05) is 0 Å². The van der Waals surface area contributed by atoms with Crippen molar-refractivity contribution in [3.05, 3.63) is 22.7 Å². The molecule has 1 saturated heterocycles. The van der Waals surface area contributed by atoms with E-state index in [-0.39, 0.29) is 11.5 Å². The minimum Gasteiger partial charge on any atom is -0.490 e. The molecule has 0 bridgehead atoms. The van der Waals surface area contributed by atoms with Crippen molar-refractivity contribution in [3.63, 3.8) is 0 Å². The number of halogens is 4. The molecule has 3 nitrogen and oxygen atoms in total. The highest BCUT2D eigenvalue weighted by Gasteiger charge is 2.32. The lowest BCUT2D eigenvalue weighted by Crippen LogP contribution is -2.22. The fourth-order valence-electron chi connectivity index (χ4n) is 2.28. The molecule has 0 atom stereocenters. The number of hydrogen-bond donors (Lipinski definition) is 0. The standard InChI is InChI=1S/C14H17BrF3NO2/c15-11-4-5-12(21-14(16,17)18)13(10-11)20-9-3-8-19-6-1-2-7-19/h4-5,10H,1-3,6-9H2. The van der Waals surface area contributed by atoms with Gasteiger partial charge < -0.3 is 14.4 Å². The SMILES string of the molecule is FC(F)(F)Oc1ccc(Br)cc1OCCCN1CCCC1. The third kappa shape index (κ3) is 5.74. The van der Waals surface area contributed by atoms with Gasteiger partial charge in [0, 0.05) is 11.0 Å². The summed E-state index contributed by atoms with van der Waals surface area (Å²) < 4.78 is 47.0. The van der Waals surface area contributed by atoms with E-state index in [0.717, 1.165) is 26.1 Å². The van der Waals surface area contributed by atoms with E-state index < -0.39 is 6.36 Å². The van der Waals surface area contributed by atoms with Gasteiger partial charge in [-0.05, 0) is 50.6 Å². The van der Waals surface area contributed by atoms with E-state index in [1.165, 1.54) is 31.0 Å². The largest absolute Gasteiger partial charge is 0.573 e. The highest BCUT2D eigenvalue weighted by molar-refractivity contribution is 9.10. The van der Waals surface area contributed by atoms with Crippen molar-refractivity contribution in [3.8, 4) is 11.5 Å². The molecule has 2 rings (SSSR count). The molecule has 0 N–H and O–H groups in total. The van der Waals surface area contributed by atoms with Gasteiger partial charge in [0.05, 0.1) is 6.61 Å². The normalized spacial score (nSPS) is 16.2. The van der Waals surface area contributed by atoms with Crippen LogP contribution in [0.1, 0.15) is 19.3 Å². The predicted octanol–water partition coefficient (Wildman–Crippen LogP) is 4.21. The van der Waals surface area contributed by atoms with E-state index in [4.69, 9.17) is 4.74 Å². The third-order valence-corrected chi connectivity index (χ3v) is 3.70.